The highest BCUT2D eigenvalue weighted by Crippen LogP contribution is 2.26. The van der Waals surface area contributed by atoms with E-state index in [0.717, 1.165) is 23.7 Å². The number of Topliss-reactive ketones (excluding diaryl/α,β-unsaturated/α-hetero) is 1. The molecule has 5 heteroatoms. The Labute approximate surface area is 159 Å². The van der Waals surface area contributed by atoms with Crippen molar-refractivity contribution < 1.29 is 4.79 Å². The molecule has 25 heavy (non-hydrogen) atoms. The highest BCUT2D eigenvalue weighted by Gasteiger charge is 2.20. The summed E-state index contributed by atoms with van der Waals surface area (Å²) in [4.78, 5) is 14.6. The molecular formula is C20H24Cl2N2O. The minimum atomic E-state index is 0.0501. The van der Waals surface area contributed by atoms with Crippen molar-refractivity contribution in [3.63, 3.8) is 0 Å². The molecule has 1 N–H and O–H groups in total. The summed E-state index contributed by atoms with van der Waals surface area (Å²) in [6.45, 7) is 7.03. The van der Waals surface area contributed by atoms with Gasteiger partial charge in [-0.25, -0.2) is 0 Å². The van der Waals surface area contributed by atoms with Crippen LogP contribution in [0.2, 0.25) is 10.0 Å². The van der Waals surface area contributed by atoms with Crippen molar-refractivity contribution in [2.24, 2.45) is 0 Å². The summed E-state index contributed by atoms with van der Waals surface area (Å²) in [5.74, 6) is 0.0501. The molecule has 0 radical (unpaired) electrons. The molecule has 0 spiro atoms. The van der Waals surface area contributed by atoms with E-state index in [4.69, 9.17) is 23.2 Å². The van der Waals surface area contributed by atoms with Crippen LogP contribution in [0.4, 0.5) is 0 Å². The lowest BCUT2D eigenvalue weighted by Crippen LogP contribution is -2.37. The Balaban J connectivity index is 2.03. The molecule has 2 aromatic rings. The summed E-state index contributed by atoms with van der Waals surface area (Å²) >= 11 is 12.3. The van der Waals surface area contributed by atoms with Gasteiger partial charge in [0.05, 0.1) is 6.54 Å². The van der Waals surface area contributed by atoms with Gasteiger partial charge in [0.2, 0.25) is 0 Å². The van der Waals surface area contributed by atoms with Gasteiger partial charge in [0, 0.05) is 28.2 Å². The van der Waals surface area contributed by atoms with Gasteiger partial charge < -0.3 is 5.32 Å². The smallest absolute Gasteiger partial charge is 0.176 e. The van der Waals surface area contributed by atoms with Gasteiger partial charge in [-0.05, 0) is 49.0 Å². The maximum absolute atomic E-state index is 12.3. The van der Waals surface area contributed by atoms with E-state index in [2.05, 4.69) is 24.1 Å². The third kappa shape index (κ3) is 5.55. The number of rotatable bonds is 9. The van der Waals surface area contributed by atoms with Crippen LogP contribution in [0, 0.1) is 0 Å². The van der Waals surface area contributed by atoms with Gasteiger partial charge in [-0.3, -0.25) is 9.69 Å². The molecule has 2 rings (SSSR count). The maximum Gasteiger partial charge on any atom is 0.176 e. The predicted octanol–water partition coefficient (Wildman–Crippen LogP) is 4.85. The quantitative estimate of drug-likeness (QED) is 0.633. The van der Waals surface area contributed by atoms with E-state index in [-0.39, 0.29) is 18.4 Å². The van der Waals surface area contributed by atoms with E-state index < -0.39 is 0 Å². The Bertz CT molecular complexity index is 684. The van der Waals surface area contributed by atoms with Crippen LogP contribution in [0.15, 0.2) is 48.5 Å². The lowest BCUT2D eigenvalue weighted by Gasteiger charge is -2.31. The molecule has 0 aromatic heterocycles. The number of nitrogens with zero attached hydrogens (tertiary/aromatic N) is 1. The van der Waals surface area contributed by atoms with Gasteiger partial charge in [-0.1, -0.05) is 55.2 Å². The van der Waals surface area contributed by atoms with Crippen molar-refractivity contribution in [1.82, 2.24) is 10.2 Å². The van der Waals surface area contributed by atoms with Crippen LogP contribution in [-0.4, -0.2) is 36.9 Å². The lowest BCUT2D eigenvalue weighted by atomic mass is 10.0. The number of benzene rings is 2. The van der Waals surface area contributed by atoms with Crippen LogP contribution < -0.4 is 5.32 Å². The molecule has 1 unspecified atom stereocenters. The number of hydrogen-bond donors (Lipinski definition) is 1. The Morgan fingerprint density at radius 1 is 1.04 bits per heavy atom. The summed E-state index contributed by atoms with van der Waals surface area (Å²) in [6, 6.07) is 15.0. The molecule has 0 aliphatic heterocycles. The average molecular weight is 379 g/mol. The zero-order valence-corrected chi connectivity index (χ0v) is 16.1. The van der Waals surface area contributed by atoms with Crippen molar-refractivity contribution >= 4 is 29.0 Å². The zero-order chi connectivity index (χ0) is 18.2. The number of hydrogen-bond acceptors (Lipinski definition) is 3. The highest BCUT2D eigenvalue weighted by atomic mass is 35.5. The Morgan fingerprint density at radius 2 is 1.68 bits per heavy atom. The minimum Gasteiger partial charge on any atom is -0.308 e. The Morgan fingerprint density at radius 3 is 2.28 bits per heavy atom. The van der Waals surface area contributed by atoms with Crippen LogP contribution in [0.25, 0.3) is 0 Å². The van der Waals surface area contributed by atoms with Crippen molar-refractivity contribution in [2.45, 2.75) is 19.9 Å². The summed E-state index contributed by atoms with van der Waals surface area (Å²) in [5, 5.41) is 4.67. The minimum absolute atomic E-state index is 0.0501. The third-order valence-corrected chi connectivity index (χ3v) is 4.90. The van der Waals surface area contributed by atoms with Gasteiger partial charge in [-0.2, -0.15) is 0 Å². The molecule has 3 nitrogen and oxygen atoms in total. The normalized spacial score (nSPS) is 12.4. The van der Waals surface area contributed by atoms with Gasteiger partial charge in [0.15, 0.2) is 5.78 Å². The van der Waals surface area contributed by atoms with Gasteiger partial charge in [-0.15, -0.1) is 0 Å². The monoisotopic (exact) mass is 378 g/mol. The van der Waals surface area contributed by atoms with Gasteiger partial charge in [0.25, 0.3) is 0 Å². The molecule has 0 saturated heterocycles. The fourth-order valence-corrected chi connectivity index (χ4v) is 3.29. The average Bonchev–Trinajstić information content (AvgIpc) is 2.62. The van der Waals surface area contributed by atoms with Crippen LogP contribution >= 0.6 is 23.2 Å². The fourth-order valence-electron chi connectivity index (χ4n) is 2.91. The fraction of sp³-hybridized carbons (Fsp3) is 0.350. The second-order valence-corrected chi connectivity index (χ2v) is 6.66. The number of likely N-dealkylation sites (N-methyl/N-ethyl adjacent to an activating group) is 1. The summed E-state index contributed by atoms with van der Waals surface area (Å²) in [7, 11) is 0. The van der Waals surface area contributed by atoms with E-state index >= 15 is 0 Å². The lowest BCUT2D eigenvalue weighted by molar-refractivity contribution is 0.0987. The Hall–Kier alpha value is -1.39. The largest absolute Gasteiger partial charge is 0.308 e. The number of carbonyl (C=O) groups is 1. The van der Waals surface area contributed by atoms with Gasteiger partial charge >= 0.3 is 0 Å². The zero-order valence-electron chi connectivity index (χ0n) is 14.6. The Kier molecular flexibility index (Phi) is 7.91. The molecule has 0 bridgehead atoms. The molecule has 0 saturated carbocycles. The van der Waals surface area contributed by atoms with Crippen molar-refractivity contribution in [2.75, 3.05) is 26.2 Å². The first kappa shape index (κ1) is 19.9. The highest BCUT2D eigenvalue weighted by molar-refractivity contribution is 6.31. The standard InChI is InChI=1S/C20H24Cl2N2O/c1-3-24(4-2)19(17-7-5-6-8-18(17)22)13-23-14-20(25)15-9-11-16(21)12-10-15/h5-12,19,23H,3-4,13-14H2,1-2H3. The maximum atomic E-state index is 12.3. The molecule has 0 heterocycles. The first-order valence-electron chi connectivity index (χ1n) is 8.54. The molecule has 2 aromatic carbocycles. The topological polar surface area (TPSA) is 32.3 Å². The third-order valence-electron chi connectivity index (χ3n) is 4.31. The van der Waals surface area contributed by atoms with E-state index in [1.807, 2.05) is 24.3 Å². The van der Waals surface area contributed by atoms with Crippen LogP contribution in [0.3, 0.4) is 0 Å². The number of ketones is 1. The van der Waals surface area contributed by atoms with Gasteiger partial charge in [0.1, 0.15) is 0 Å². The van der Waals surface area contributed by atoms with Crippen LogP contribution in [-0.2, 0) is 0 Å². The summed E-state index contributed by atoms with van der Waals surface area (Å²) < 4.78 is 0. The second-order valence-electron chi connectivity index (χ2n) is 5.82. The number of halogens is 2. The molecule has 0 amide bonds. The van der Waals surface area contributed by atoms with E-state index in [9.17, 15) is 4.79 Å². The molecule has 0 aliphatic carbocycles. The van der Waals surface area contributed by atoms with E-state index in [1.165, 1.54) is 0 Å². The number of nitrogens with one attached hydrogen (secondary N) is 1. The summed E-state index contributed by atoms with van der Waals surface area (Å²) in [6.07, 6.45) is 0. The van der Waals surface area contributed by atoms with Crippen molar-refractivity contribution in [3.8, 4) is 0 Å². The van der Waals surface area contributed by atoms with Crippen LogP contribution in [0.1, 0.15) is 35.8 Å². The summed E-state index contributed by atoms with van der Waals surface area (Å²) in [5.41, 5.74) is 1.74. The van der Waals surface area contributed by atoms with Crippen molar-refractivity contribution in [3.05, 3.63) is 69.7 Å². The molecule has 0 aliphatic rings. The molecule has 0 fully saturated rings. The van der Waals surface area contributed by atoms with Crippen molar-refractivity contribution in [1.29, 1.82) is 0 Å². The first-order chi connectivity index (χ1) is 12.1. The molecule has 134 valence electrons. The van der Waals surface area contributed by atoms with Crippen LogP contribution in [0.5, 0.6) is 0 Å². The first-order valence-corrected chi connectivity index (χ1v) is 9.30. The van der Waals surface area contributed by atoms with E-state index in [1.54, 1.807) is 24.3 Å². The molecular weight excluding hydrogens is 355 g/mol. The van der Waals surface area contributed by atoms with E-state index in [0.29, 0.717) is 17.1 Å². The SMILES string of the molecule is CCN(CC)C(CNCC(=O)c1ccc(Cl)cc1)c1ccccc1Cl. The molecule has 1 atom stereocenters. The second kappa shape index (κ2) is 9.93. The predicted molar refractivity (Wildman–Crippen MR) is 106 cm³/mol. The number of carbonyl (C=O) groups excluding carboxylic acids is 1.